The molecule has 0 aliphatic carbocycles. The molecule has 0 saturated carbocycles. The number of nitrogens with one attached hydrogen (secondary N) is 2. The molecule has 2 rings (SSSR count). The molecule has 7 nitrogen and oxygen atoms in total. The predicted octanol–water partition coefficient (Wildman–Crippen LogP) is 1.39. The number of nitrogens with zero attached hydrogens (tertiary/aromatic N) is 2. The second kappa shape index (κ2) is 10.6. The summed E-state index contributed by atoms with van der Waals surface area (Å²) in [5.74, 6) is 1.53. The zero-order chi connectivity index (χ0) is 17.9. The van der Waals surface area contributed by atoms with Gasteiger partial charge in [0.1, 0.15) is 5.75 Å². The molecule has 0 bridgehead atoms. The highest BCUT2D eigenvalue weighted by atomic mass is 16.5. The highest BCUT2D eigenvalue weighted by molar-refractivity contribution is 5.97. The van der Waals surface area contributed by atoms with Gasteiger partial charge in [0.2, 0.25) is 0 Å². The molecule has 7 heteroatoms. The average Bonchev–Trinajstić information content (AvgIpc) is 2.64. The van der Waals surface area contributed by atoms with Crippen LogP contribution in [0.15, 0.2) is 29.3 Å². The third kappa shape index (κ3) is 5.94. The van der Waals surface area contributed by atoms with Gasteiger partial charge in [-0.05, 0) is 31.9 Å². The molecule has 0 saturated heterocycles. The molecule has 2 N–H and O–H groups in total. The number of para-hydroxylation sites is 2. The van der Waals surface area contributed by atoms with Crippen LogP contribution in [0.2, 0.25) is 0 Å². The van der Waals surface area contributed by atoms with Gasteiger partial charge in [0.25, 0.3) is 5.91 Å². The van der Waals surface area contributed by atoms with Gasteiger partial charge in [-0.15, -0.1) is 0 Å². The third-order valence-corrected chi connectivity index (χ3v) is 3.84. The van der Waals surface area contributed by atoms with E-state index in [0.717, 1.165) is 56.5 Å². The summed E-state index contributed by atoms with van der Waals surface area (Å²) >= 11 is 0. The van der Waals surface area contributed by atoms with Crippen molar-refractivity contribution in [2.24, 2.45) is 4.99 Å². The minimum atomic E-state index is -0.00266. The van der Waals surface area contributed by atoms with Crippen molar-refractivity contribution in [3.63, 3.8) is 0 Å². The molecule has 0 fully saturated rings. The van der Waals surface area contributed by atoms with Gasteiger partial charge >= 0.3 is 0 Å². The fraction of sp³-hybridized carbons (Fsp3) is 0.556. The molecule has 0 aromatic heterocycles. The first-order chi connectivity index (χ1) is 12.3. The molecule has 1 amide bonds. The summed E-state index contributed by atoms with van der Waals surface area (Å²) in [5.41, 5.74) is 0.845. The van der Waals surface area contributed by atoms with Crippen molar-refractivity contribution in [3.8, 4) is 5.75 Å². The highest BCUT2D eigenvalue weighted by Crippen LogP contribution is 2.31. The predicted molar refractivity (Wildman–Crippen MR) is 99.4 cm³/mol. The molecule has 1 aliphatic rings. The Morgan fingerprint density at radius 3 is 2.80 bits per heavy atom. The minimum absolute atomic E-state index is 0.00266. The normalized spacial score (nSPS) is 14.1. The fourth-order valence-electron chi connectivity index (χ4n) is 2.59. The van der Waals surface area contributed by atoms with Crippen molar-refractivity contribution in [2.75, 3.05) is 51.4 Å². The van der Waals surface area contributed by atoms with E-state index >= 15 is 0 Å². The molecule has 0 radical (unpaired) electrons. The number of carbonyl (C=O) groups is 1. The van der Waals surface area contributed by atoms with E-state index in [0.29, 0.717) is 6.54 Å². The summed E-state index contributed by atoms with van der Waals surface area (Å²) in [7, 11) is 1.75. The maximum absolute atomic E-state index is 12.1. The van der Waals surface area contributed by atoms with Gasteiger partial charge in [0.15, 0.2) is 12.6 Å². The molecule has 0 unspecified atom stereocenters. The first-order valence-electron chi connectivity index (χ1n) is 8.80. The topological polar surface area (TPSA) is 75.2 Å². The Labute approximate surface area is 149 Å². The SMILES string of the molecule is CCOCCCNC(=NC)NCCCN1C(=O)COc2ccccc21. The standard InChI is InChI=1S/C18H28N4O3/c1-3-24-13-7-11-21-18(19-2)20-10-6-12-22-15-8-4-5-9-16(15)25-14-17(22)23/h4-5,8-9H,3,6-7,10-14H2,1-2H3,(H2,19,20,21). The number of carbonyl (C=O) groups excluding carboxylic acids is 1. The van der Waals surface area contributed by atoms with Crippen LogP contribution in [0.4, 0.5) is 5.69 Å². The van der Waals surface area contributed by atoms with Gasteiger partial charge in [0, 0.05) is 39.9 Å². The van der Waals surface area contributed by atoms with Gasteiger partial charge < -0.3 is 25.0 Å². The van der Waals surface area contributed by atoms with Gasteiger partial charge in [-0.25, -0.2) is 0 Å². The molecule has 0 atom stereocenters. The van der Waals surface area contributed by atoms with Crippen LogP contribution >= 0.6 is 0 Å². The number of hydrogen-bond donors (Lipinski definition) is 2. The van der Waals surface area contributed by atoms with E-state index in [1.165, 1.54) is 0 Å². The molecule has 25 heavy (non-hydrogen) atoms. The first-order valence-corrected chi connectivity index (χ1v) is 8.80. The Kier molecular flexibility index (Phi) is 8.04. The summed E-state index contributed by atoms with van der Waals surface area (Å²) in [6.45, 7) is 5.79. The Morgan fingerprint density at radius 2 is 2.04 bits per heavy atom. The zero-order valence-corrected chi connectivity index (χ0v) is 15.1. The molecule has 1 aromatic carbocycles. The van der Waals surface area contributed by atoms with E-state index in [1.807, 2.05) is 31.2 Å². The number of amides is 1. The van der Waals surface area contributed by atoms with Gasteiger partial charge in [0.05, 0.1) is 5.69 Å². The van der Waals surface area contributed by atoms with Crippen molar-refractivity contribution in [3.05, 3.63) is 24.3 Å². The molecular weight excluding hydrogens is 320 g/mol. The summed E-state index contributed by atoms with van der Waals surface area (Å²) in [4.78, 5) is 18.1. The molecular formula is C18H28N4O3. The number of guanidine groups is 1. The van der Waals surface area contributed by atoms with Crippen molar-refractivity contribution >= 4 is 17.6 Å². The molecule has 1 heterocycles. The smallest absolute Gasteiger partial charge is 0.265 e. The number of benzene rings is 1. The van der Waals surface area contributed by atoms with Crippen LogP contribution in [-0.2, 0) is 9.53 Å². The van der Waals surface area contributed by atoms with Crippen molar-refractivity contribution < 1.29 is 14.3 Å². The lowest BCUT2D eigenvalue weighted by Crippen LogP contribution is -2.42. The maximum atomic E-state index is 12.1. The number of fused-ring (bicyclic) bond motifs is 1. The van der Waals surface area contributed by atoms with E-state index in [9.17, 15) is 4.79 Å². The van der Waals surface area contributed by atoms with Crippen LogP contribution in [0.3, 0.4) is 0 Å². The van der Waals surface area contributed by atoms with Crippen molar-refractivity contribution in [1.82, 2.24) is 10.6 Å². The Hall–Kier alpha value is -2.28. The molecule has 0 spiro atoms. The van der Waals surface area contributed by atoms with E-state index in [1.54, 1.807) is 11.9 Å². The van der Waals surface area contributed by atoms with E-state index in [4.69, 9.17) is 9.47 Å². The number of aliphatic imine (C=N–C) groups is 1. The number of anilines is 1. The Bertz CT molecular complexity index is 577. The lowest BCUT2D eigenvalue weighted by molar-refractivity contribution is -0.121. The zero-order valence-electron chi connectivity index (χ0n) is 15.1. The lowest BCUT2D eigenvalue weighted by atomic mass is 10.2. The van der Waals surface area contributed by atoms with E-state index in [-0.39, 0.29) is 12.5 Å². The van der Waals surface area contributed by atoms with E-state index < -0.39 is 0 Å². The van der Waals surface area contributed by atoms with Crippen molar-refractivity contribution in [1.29, 1.82) is 0 Å². The first kappa shape index (κ1) is 19.1. The summed E-state index contributed by atoms with van der Waals surface area (Å²) < 4.78 is 10.8. The fourth-order valence-corrected chi connectivity index (χ4v) is 2.59. The van der Waals surface area contributed by atoms with Crippen molar-refractivity contribution in [2.45, 2.75) is 19.8 Å². The molecule has 138 valence electrons. The molecule has 1 aliphatic heterocycles. The van der Waals surface area contributed by atoms with Crippen LogP contribution in [-0.4, -0.2) is 58.4 Å². The van der Waals surface area contributed by atoms with Crippen LogP contribution in [0.5, 0.6) is 5.75 Å². The molecule has 1 aromatic rings. The summed E-state index contributed by atoms with van der Waals surface area (Å²) in [6.07, 6.45) is 1.76. The van der Waals surface area contributed by atoms with Crippen LogP contribution in [0.1, 0.15) is 19.8 Å². The quantitative estimate of drug-likeness (QED) is 0.401. The number of hydrogen-bond acceptors (Lipinski definition) is 4. The number of rotatable bonds is 9. The second-order valence-electron chi connectivity index (χ2n) is 5.63. The lowest BCUT2D eigenvalue weighted by Gasteiger charge is -2.29. The van der Waals surface area contributed by atoms with Crippen LogP contribution in [0.25, 0.3) is 0 Å². The maximum Gasteiger partial charge on any atom is 0.265 e. The minimum Gasteiger partial charge on any atom is -0.482 e. The van der Waals surface area contributed by atoms with Gasteiger partial charge in [-0.3, -0.25) is 9.79 Å². The summed E-state index contributed by atoms with van der Waals surface area (Å²) in [5, 5.41) is 6.52. The van der Waals surface area contributed by atoms with E-state index in [2.05, 4.69) is 15.6 Å². The van der Waals surface area contributed by atoms with Crippen LogP contribution < -0.4 is 20.3 Å². The second-order valence-corrected chi connectivity index (χ2v) is 5.63. The number of ether oxygens (including phenoxy) is 2. The Balaban J connectivity index is 1.70. The highest BCUT2D eigenvalue weighted by Gasteiger charge is 2.24. The van der Waals surface area contributed by atoms with Gasteiger partial charge in [-0.1, -0.05) is 12.1 Å². The third-order valence-electron chi connectivity index (χ3n) is 3.84. The average molecular weight is 348 g/mol. The van der Waals surface area contributed by atoms with Crippen LogP contribution in [0, 0.1) is 0 Å². The van der Waals surface area contributed by atoms with Gasteiger partial charge in [-0.2, -0.15) is 0 Å². The Morgan fingerprint density at radius 1 is 1.28 bits per heavy atom. The monoisotopic (exact) mass is 348 g/mol. The summed E-state index contributed by atoms with van der Waals surface area (Å²) in [6, 6.07) is 7.63. The largest absolute Gasteiger partial charge is 0.482 e.